The molecule has 1 atom stereocenters. The summed E-state index contributed by atoms with van der Waals surface area (Å²) < 4.78 is 6.50. The standard InChI is InChI=1S/C19H22N6O3S2/c1-3-28-15(26)9-14-11-29-18(21-14)22-16(27)12(2)25-17(20)23-24-19(25)30-10-13-7-5-4-6-8-13/h4-8,11-12H,3,9-10H2,1-2H3,(H2,20,23)(H,21,22,27). The monoisotopic (exact) mass is 446 g/mol. The minimum absolute atomic E-state index is 0.0639. The molecule has 158 valence electrons. The Balaban J connectivity index is 1.64. The number of anilines is 2. The zero-order valence-electron chi connectivity index (χ0n) is 16.6. The fourth-order valence-corrected chi connectivity index (χ4v) is 4.30. The number of rotatable bonds is 9. The minimum Gasteiger partial charge on any atom is -0.466 e. The van der Waals surface area contributed by atoms with Gasteiger partial charge in [-0.15, -0.1) is 21.5 Å². The Labute approximate surface area is 182 Å². The van der Waals surface area contributed by atoms with E-state index in [9.17, 15) is 9.59 Å². The first-order chi connectivity index (χ1) is 14.5. The number of amides is 1. The molecule has 3 rings (SSSR count). The molecule has 0 aliphatic carbocycles. The summed E-state index contributed by atoms with van der Waals surface area (Å²) in [6.45, 7) is 3.78. The first-order valence-corrected chi connectivity index (χ1v) is 11.1. The van der Waals surface area contributed by atoms with Crippen molar-refractivity contribution in [1.82, 2.24) is 19.7 Å². The van der Waals surface area contributed by atoms with E-state index in [0.29, 0.717) is 28.3 Å². The van der Waals surface area contributed by atoms with Crippen LogP contribution in [0.2, 0.25) is 0 Å². The molecule has 0 aliphatic rings. The number of thiazole rings is 1. The summed E-state index contributed by atoms with van der Waals surface area (Å²) in [5.41, 5.74) is 7.64. The first-order valence-electron chi connectivity index (χ1n) is 9.26. The number of nitrogens with two attached hydrogens (primary N) is 1. The second kappa shape index (κ2) is 10.2. The predicted molar refractivity (Wildman–Crippen MR) is 116 cm³/mol. The molecule has 0 aliphatic heterocycles. The van der Waals surface area contributed by atoms with Crippen LogP contribution >= 0.6 is 23.1 Å². The molecule has 1 unspecified atom stereocenters. The molecule has 9 nitrogen and oxygen atoms in total. The number of hydrogen-bond acceptors (Lipinski definition) is 9. The SMILES string of the molecule is CCOC(=O)Cc1csc(NC(=O)C(C)n2c(N)nnc2SCc2ccccc2)n1. The summed E-state index contributed by atoms with van der Waals surface area (Å²) in [7, 11) is 0. The highest BCUT2D eigenvalue weighted by Crippen LogP contribution is 2.27. The Kier molecular flexibility index (Phi) is 7.41. The minimum atomic E-state index is -0.643. The highest BCUT2D eigenvalue weighted by Gasteiger charge is 2.23. The van der Waals surface area contributed by atoms with Crippen LogP contribution in [0.3, 0.4) is 0 Å². The van der Waals surface area contributed by atoms with Crippen molar-refractivity contribution in [1.29, 1.82) is 0 Å². The van der Waals surface area contributed by atoms with Gasteiger partial charge in [-0.25, -0.2) is 4.98 Å². The molecule has 0 bridgehead atoms. The lowest BCUT2D eigenvalue weighted by atomic mass is 10.2. The predicted octanol–water partition coefficient (Wildman–Crippen LogP) is 2.91. The molecule has 11 heteroatoms. The van der Waals surface area contributed by atoms with Crippen molar-refractivity contribution < 1.29 is 14.3 Å². The fourth-order valence-electron chi connectivity index (χ4n) is 2.61. The van der Waals surface area contributed by atoms with Gasteiger partial charge < -0.3 is 15.8 Å². The van der Waals surface area contributed by atoms with Gasteiger partial charge in [0.05, 0.1) is 18.7 Å². The van der Waals surface area contributed by atoms with Crippen molar-refractivity contribution in [3.05, 3.63) is 47.0 Å². The molecule has 0 saturated heterocycles. The lowest BCUT2D eigenvalue weighted by Gasteiger charge is -2.15. The maximum atomic E-state index is 12.7. The van der Waals surface area contributed by atoms with Crippen LogP contribution in [0.25, 0.3) is 0 Å². The van der Waals surface area contributed by atoms with Crippen molar-refractivity contribution in [3.63, 3.8) is 0 Å². The molecule has 30 heavy (non-hydrogen) atoms. The van der Waals surface area contributed by atoms with Crippen LogP contribution < -0.4 is 11.1 Å². The number of esters is 1. The van der Waals surface area contributed by atoms with Gasteiger partial charge in [-0.2, -0.15) is 0 Å². The highest BCUT2D eigenvalue weighted by molar-refractivity contribution is 7.98. The van der Waals surface area contributed by atoms with E-state index in [4.69, 9.17) is 10.5 Å². The summed E-state index contributed by atoms with van der Waals surface area (Å²) in [5.74, 6) is 0.179. The van der Waals surface area contributed by atoms with Crippen LogP contribution in [-0.4, -0.2) is 38.2 Å². The zero-order chi connectivity index (χ0) is 21.5. The third-order valence-electron chi connectivity index (χ3n) is 4.08. The molecule has 0 radical (unpaired) electrons. The number of carbonyl (C=O) groups excluding carboxylic acids is 2. The Morgan fingerprint density at radius 3 is 2.80 bits per heavy atom. The summed E-state index contributed by atoms with van der Waals surface area (Å²) >= 11 is 2.69. The van der Waals surface area contributed by atoms with Crippen LogP contribution in [0.5, 0.6) is 0 Å². The van der Waals surface area contributed by atoms with Crippen LogP contribution in [0, 0.1) is 0 Å². The quantitative estimate of drug-likeness (QED) is 0.380. The van der Waals surface area contributed by atoms with E-state index in [1.807, 2.05) is 30.3 Å². The average molecular weight is 447 g/mol. The average Bonchev–Trinajstić information content (AvgIpc) is 3.32. The van der Waals surface area contributed by atoms with E-state index in [1.165, 1.54) is 23.1 Å². The van der Waals surface area contributed by atoms with Crippen molar-refractivity contribution in [3.8, 4) is 0 Å². The third-order valence-corrected chi connectivity index (χ3v) is 5.90. The van der Waals surface area contributed by atoms with Gasteiger partial charge in [0, 0.05) is 11.1 Å². The van der Waals surface area contributed by atoms with Crippen molar-refractivity contribution in [2.24, 2.45) is 0 Å². The van der Waals surface area contributed by atoms with Crippen LogP contribution in [0.15, 0.2) is 40.9 Å². The smallest absolute Gasteiger partial charge is 0.311 e. The number of hydrogen-bond donors (Lipinski definition) is 2. The lowest BCUT2D eigenvalue weighted by Crippen LogP contribution is -2.25. The third kappa shape index (κ3) is 5.57. The van der Waals surface area contributed by atoms with Gasteiger partial charge >= 0.3 is 5.97 Å². The van der Waals surface area contributed by atoms with Gasteiger partial charge in [-0.3, -0.25) is 14.2 Å². The summed E-state index contributed by atoms with van der Waals surface area (Å²) in [6.07, 6.45) is 0.0639. The van der Waals surface area contributed by atoms with Crippen LogP contribution in [-0.2, 0) is 26.5 Å². The van der Waals surface area contributed by atoms with Gasteiger partial charge in [0.15, 0.2) is 10.3 Å². The molecule has 0 spiro atoms. The normalized spacial score (nSPS) is 11.8. The van der Waals surface area contributed by atoms with E-state index in [0.717, 1.165) is 5.56 Å². The Hall–Kier alpha value is -2.92. The molecular formula is C19H22N6O3S2. The van der Waals surface area contributed by atoms with E-state index >= 15 is 0 Å². The van der Waals surface area contributed by atoms with E-state index < -0.39 is 6.04 Å². The van der Waals surface area contributed by atoms with Gasteiger partial charge in [0.25, 0.3) is 0 Å². The number of nitrogens with one attached hydrogen (secondary N) is 1. The molecule has 2 heterocycles. The number of nitrogens with zero attached hydrogens (tertiary/aromatic N) is 4. The number of carbonyl (C=O) groups is 2. The molecule has 3 N–H and O–H groups in total. The van der Waals surface area contributed by atoms with Crippen LogP contribution in [0.4, 0.5) is 11.1 Å². The van der Waals surface area contributed by atoms with Crippen LogP contribution in [0.1, 0.15) is 31.1 Å². The number of nitrogen functional groups attached to an aromatic ring is 1. The fraction of sp³-hybridized carbons (Fsp3) is 0.316. The molecule has 0 saturated carbocycles. The summed E-state index contributed by atoms with van der Waals surface area (Å²) in [6, 6.07) is 9.28. The zero-order valence-corrected chi connectivity index (χ0v) is 18.2. The molecular weight excluding hydrogens is 424 g/mol. The van der Waals surface area contributed by atoms with E-state index in [2.05, 4.69) is 20.5 Å². The van der Waals surface area contributed by atoms with Gasteiger partial charge in [0.1, 0.15) is 6.04 Å². The second-order valence-electron chi connectivity index (χ2n) is 6.28. The summed E-state index contributed by atoms with van der Waals surface area (Å²) in [5, 5.41) is 13.4. The lowest BCUT2D eigenvalue weighted by molar-refractivity contribution is -0.142. The van der Waals surface area contributed by atoms with Crippen molar-refractivity contribution in [2.75, 3.05) is 17.7 Å². The number of aromatic nitrogens is 4. The van der Waals surface area contributed by atoms with Gasteiger partial charge in [-0.05, 0) is 19.4 Å². The summed E-state index contributed by atoms with van der Waals surface area (Å²) in [4.78, 5) is 28.6. The number of thioether (sulfide) groups is 1. The maximum Gasteiger partial charge on any atom is 0.311 e. The molecule has 1 aromatic carbocycles. The Bertz CT molecular complexity index is 1000. The second-order valence-corrected chi connectivity index (χ2v) is 8.08. The van der Waals surface area contributed by atoms with Crippen molar-refractivity contribution in [2.45, 2.75) is 37.2 Å². The number of ether oxygens (including phenoxy) is 1. The molecule has 2 aromatic heterocycles. The highest BCUT2D eigenvalue weighted by atomic mass is 32.2. The largest absolute Gasteiger partial charge is 0.466 e. The number of benzene rings is 1. The molecule has 1 amide bonds. The molecule has 3 aromatic rings. The maximum absolute atomic E-state index is 12.7. The van der Waals surface area contributed by atoms with Gasteiger partial charge in [-0.1, -0.05) is 42.1 Å². The van der Waals surface area contributed by atoms with E-state index in [1.54, 1.807) is 23.8 Å². The van der Waals surface area contributed by atoms with E-state index in [-0.39, 0.29) is 24.2 Å². The Morgan fingerprint density at radius 1 is 1.30 bits per heavy atom. The molecule has 0 fully saturated rings. The topological polar surface area (TPSA) is 125 Å². The Morgan fingerprint density at radius 2 is 2.07 bits per heavy atom. The van der Waals surface area contributed by atoms with Crippen molar-refractivity contribution >= 4 is 46.1 Å². The first kappa shape index (κ1) is 21.8. The van der Waals surface area contributed by atoms with Gasteiger partial charge in [0.2, 0.25) is 11.9 Å².